The normalized spacial score (nSPS) is 10.1. The molecular formula is C14H12N2O4. The first kappa shape index (κ1) is 13.7. The van der Waals surface area contributed by atoms with Gasteiger partial charge < -0.3 is 14.9 Å². The van der Waals surface area contributed by atoms with Crippen LogP contribution in [0.15, 0.2) is 42.6 Å². The molecule has 0 aliphatic carbocycles. The number of ether oxygens (including phenoxy) is 1. The third-order valence-electron chi connectivity index (χ3n) is 2.73. The Labute approximate surface area is 115 Å². The zero-order valence-electron chi connectivity index (χ0n) is 10.8. The number of nitrogens with zero attached hydrogens (tertiary/aromatic N) is 2. The van der Waals surface area contributed by atoms with E-state index < -0.39 is 10.7 Å². The van der Waals surface area contributed by atoms with Crippen molar-refractivity contribution in [3.63, 3.8) is 0 Å². The van der Waals surface area contributed by atoms with Gasteiger partial charge in [-0.2, -0.15) is 0 Å². The van der Waals surface area contributed by atoms with E-state index in [0.29, 0.717) is 5.56 Å². The van der Waals surface area contributed by atoms with Crippen LogP contribution in [0.4, 0.5) is 5.82 Å². The number of hydrogen-bond acceptors (Lipinski definition) is 5. The first-order chi connectivity index (χ1) is 9.59. The number of pyridine rings is 1. The van der Waals surface area contributed by atoms with Crippen LogP contribution in [0.2, 0.25) is 0 Å². The molecule has 0 spiro atoms. The second kappa shape index (κ2) is 5.92. The van der Waals surface area contributed by atoms with E-state index in [1.807, 2.05) is 19.1 Å². The van der Waals surface area contributed by atoms with Crippen molar-refractivity contribution >= 4 is 11.6 Å². The zero-order chi connectivity index (χ0) is 14.5. The number of hydrogen-bond donors (Lipinski definition) is 0. The average Bonchev–Trinajstić information content (AvgIpc) is 2.45. The molecule has 0 saturated heterocycles. The second-order valence-corrected chi connectivity index (χ2v) is 4.11. The Morgan fingerprint density at radius 1 is 1.30 bits per heavy atom. The summed E-state index contributed by atoms with van der Waals surface area (Å²) in [6, 6.07) is 10.0. The maximum atomic E-state index is 12.0. The Bertz CT molecular complexity index is 655. The third-order valence-corrected chi connectivity index (χ3v) is 2.73. The minimum Gasteiger partial charge on any atom is -0.477 e. The Morgan fingerprint density at radius 3 is 2.75 bits per heavy atom. The highest BCUT2D eigenvalue weighted by atomic mass is 16.6. The number of carbonyl (C=O) groups excluding carboxylic acids is 1. The number of nitro groups is 1. The highest BCUT2D eigenvalue weighted by Gasteiger charge is 2.17. The van der Waals surface area contributed by atoms with Crippen LogP contribution < -0.4 is 4.74 Å². The summed E-state index contributed by atoms with van der Waals surface area (Å²) in [5.74, 6) is -0.647. The van der Waals surface area contributed by atoms with Crippen molar-refractivity contribution in [1.82, 2.24) is 4.98 Å². The highest BCUT2D eigenvalue weighted by molar-refractivity contribution is 5.98. The van der Waals surface area contributed by atoms with Gasteiger partial charge in [-0.3, -0.25) is 4.79 Å². The van der Waals surface area contributed by atoms with Crippen molar-refractivity contribution in [1.29, 1.82) is 0 Å². The van der Waals surface area contributed by atoms with Gasteiger partial charge in [0.1, 0.15) is 6.20 Å². The van der Waals surface area contributed by atoms with E-state index in [2.05, 4.69) is 4.98 Å². The van der Waals surface area contributed by atoms with Gasteiger partial charge in [0.15, 0.2) is 12.4 Å². The van der Waals surface area contributed by atoms with Gasteiger partial charge in [-0.05, 0) is 34.5 Å². The van der Waals surface area contributed by atoms with Crippen LogP contribution in [0, 0.1) is 17.0 Å². The Kier molecular flexibility index (Phi) is 4.05. The molecule has 6 nitrogen and oxygen atoms in total. The Balaban J connectivity index is 2.12. The largest absolute Gasteiger partial charge is 0.477 e. The summed E-state index contributed by atoms with van der Waals surface area (Å²) in [6.45, 7) is 1.55. The number of aryl methyl sites for hydroxylation is 1. The van der Waals surface area contributed by atoms with Crippen molar-refractivity contribution in [2.24, 2.45) is 0 Å². The molecule has 0 fully saturated rings. The number of benzene rings is 1. The molecule has 0 unspecified atom stereocenters. The predicted molar refractivity (Wildman–Crippen MR) is 71.9 cm³/mol. The van der Waals surface area contributed by atoms with Crippen molar-refractivity contribution < 1.29 is 14.5 Å². The summed E-state index contributed by atoms with van der Waals surface area (Å²) >= 11 is 0. The first-order valence-electron chi connectivity index (χ1n) is 5.90. The van der Waals surface area contributed by atoms with E-state index in [9.17, 15) is 14.9 Å². The first-order valence-corrected chi connectivity index (χ1v) is 5.90. The summed E-state index contributed by atoms with van der Waals surface area (Å²) in [6.07, 6.45) is 1.30. The molecule has 20 heavy (non-hydrogen) atoms. The van der Waals surface area contributed by atoms with Crippen LogP contribution in [0.3, 0.4) is 0 Å². The number of Topliss-reactive ketones (excluding diaryl/α,β-unsaturated/α-hetero) is 1. The van der Waals surface area contributed by atoms with Gasteiger partial charge in [0.2, 0.25) is 5.75 Å². The molecule has 0 saturated carbocycles. The van der Waals surface area contributed by atoms with Crippen LogP contribution in [0.1, 0.15) is 15.9 Å². The van der Waals surface area contributed by atoms with E-state index in [1.165, 1.54) is 18.3 Å². The fourth-order valence-electron chi connectivity index (χ4n) is 1.74. The Morgan fingerprint density at radius 2 is 2.05 bits per heavy atom. The standard InChI is InChI=1S/C14H12N2O4/c1-10-5-2-3-6-11(10)12(17)9-20-13-7-4-8-15-14(13)16(18)19/h2-8H,9H2,1H3. The van der Waals surface area contributed by atoms with Gasteiger partial charge in [0.05, 0.1) is 0 Å². The molecule has 0 bridgehead atoms. The van der Waals surface area contributed by atoms with E-state index in [4.69, 9.17) is 4.74 Å². The van der Waals surface area contributed by atoms with Crippen molar-refractivity contribution in [3.05, 3.63) is 63.8 Å². The molecule has 2 aromatic rings. The number of rotatable bonds is 5. The number of ketones is 1. The summed E-state index contributed by atoms with van der Waals surface area (Å²) in [4.78, 5) is 25.7. The summed E-state index contributed by atoms with van der Waals surface area (Å²) in [5, 5.41) is 10.8. The summed E-state index contributed by atoms with van der Waals surface area (Å²) in [7, 11) is 0. The molecule has 0 atom stereocenters. The molecule has 1 aromatic carbocycles. The maximum Gasteiger partial charge on any atom is 0.406 e. The fourth-order valence-corrected chi connectivity index (χ4v) is 1.74. The number of carbonyl (C=O) groups is 1. The highest BCUT2D eigenvalue weighted by Crippen LogP contribution is 2.23. The SMILES string of the molecule is Cc1ccccc1C(=O)COc1cccnc1[N+](=O)[O-]. The average molecular weight is 272 g/mol. The summed E-state index contributed by atoms with van der Waals surface area (Å²) in [5.41, 5.74) is 1.38. The smallest absolute Gasteiger partial charge is 0.406 e. The molecule has 0 amide bonds. The van der Waals surface area contributed by atoms with Gasteiger partial charge in [0.25, 0.3) is 0 Å². The molecule has 0 aliphatic heterocycles. The van der Waals surface area contributed by atoms with Crippen LogP contribution in [0.25, 0.3) is 0 Å². The van der Waals surface area contributed by atoms with Crippen LogP contribution >= 0.6 is 0 Å². The lowest BCUT2D eigenvalue weighted by molar-refractivity contribution is -0.390. The minimum atomic E-state index is -0.645. The fraction of sp³-hybridized carbons (Fsp3) is 0.143. The minimum absolute atomic E-state index is 0.0144. The molecule has 2 rings (SSSR count). The predicted octanol–water partition coefficient (Wildman–Crippen LogP) is 2.56. The topological polar surface area (TPSA) is 82.3 Å². The van der Waals surface area contributed by atoms with Crippen molar-refractivity contribution in [2.45, 2.75) is 6.92 Å². The molecule has 0 N–H and O–H groups in total. The van der Waals surface area contributed by atoms with E-state index in [-0.39, 0.29) is 18.1 Å². The molecular weight excluding hydrogens is 260 g/mol. The third kappa shape index (κ3) is 2.97. The lowest BCUT2D eigenvalue weighted by Gasteiger charge is -2.07. The molecule has 0 aliphatic rings. The quantitative estimate of drug-likeness (QED) is 0.474. The lowest BCUT2D eigenvalue weighted by atomic mass is 10.1. The molecule has 1 heterocycles. The monoisotopic (exact) mass is 272 g/mol. The summed E-state index contributed by atoms with van der Waals surface area (Å²) < 4.78 is 5.22. The van der Waals surface area contributed by atoms with Gasteiger partial charge in [-0.1, -0.05) is 24.3 Å². The molecule has 6 heteroatoms. The second-order valence-electron chi connectivity index (χ2n) is 4.11. The molecule has 0 radical (unpaired) electrons. The molecule has 1 aromatic heterocycles. The number of aromatic nitrogens is 1. The van der Waals surface area contributed by atoms with Gasteiger partial charge in [0, 0.05) is 5.56 Å². The van der Waals surface area contributed by atoms with Crippen molar-refractivity contribution in [3.8, 4) is 5.75 Å². The lowest BCUT2D eigenvalue weighted by Crippen LogP contribution is -2.13. The zero-order valence-corrected chi connectivity index (χ0v) is 10.8. The van der Waals surface area contributed by atoms with E-state index in [0.717, 1.165) is 5.56 Å². The van der Waals surface area contributed by atoms with E-state index in [1.54, 1.807) is 12.1 Å². The molecule has 102 valence electrons. The Hall–Kier alpha value is -2.76. The van der Waals surface area contributed by atoms with Crippen LogP contribution in [-0.4, -0.2) is 22.3 Å². The van der Waals surface area contributed by atoms with Gasteiger partial charge in [-0.15, -0.1) is 0 Å². The van der Waals surface area contributed by atoms with Gasteiger partial charge >= 0.3 is 5.82 Å². The van der Waals surface area contributed by atoms with Crippen LogP contribution in [0.5, 0.6) is 5.75 Å². The van der Waals surface area contributed by atoms with Crippen LogP contribution in [-0.2, 0) is 0 Å². The van der Waals surface area contributed by atoms with Gasteiger partial charge in [-0.25, -0.2) is 0 Å². The maximum absolute atomic E-state index is 12.0. The van der Waals surface area contributed by atoms with Crippen molar-refractivity contribution in [2.75, 3.05) is 6.61 Å². The van der Waals surface area contributed by atoms with E-state index >= 15 is 0 Å².